The topological polar surface area (TPSA) is 75.1 Å². The smallest absolute Gasteiger partial charge is 0.303 e. The van der Waals surface area contributed by atoms with E-state index < -0.39 is 5.97 Å². The van der Waals surface area contributed by atoms with Crippen molar-refractivity contribution in [1.29, 1.82) is 0 Å². The van der Waals surface area contributed by atoms with Crippen LogP contribution >= 0.6 is 0 Å². The molecule has 0 radical (unpaired) electrons. The third-order valence-electron chi connectivity index (χ3n) is 4.14. The van der Waals surface area contributed by atoms with Crippen molar-refractivity contribution in [3.05, 3.63) is 30.5 Å². The van der Waals surface area contributed by atoms with Crippen LogP contribution in [0.2, 0.25) is 0 Å². The molecule has 1 fully saturated rings. The van der Waals surface area contributed by atoms with Crippen LogP contribution in [0.4, 0.5) is 5.69 Å². The molecule has 5 heteroatoms. The summed E-state index contributed by atoms with van der Waals surface area (Å²) in [6.07, 6.45) is 5.00. The Hall–Kier alpha value is -2.17. The van der Waals surface area contributed by atoms with Crippen LogP contribution in [0, 0.1) is 5.41 Å². The Labute approximate surface area is 117 Å². The predicted octanol–water partition coefficient (Wildman–Crippen LogP) is 2.69. The standard InChI is InChI=1S/C15H17N3O2/c19-14(20)8-15(6-3-7-15)10-16-13-9-17-18-12-5-2-1-4-11(12)13/h1-2,4-5,9H,3,6-8,10H2,(H,16,18)(H,19,20). The molecule has 0 bridgehead atoms. The molecule has 1 aliphatic carbocycles. The number of rotatable bonds is 5. The van der Waals surface area contributed by atoms with Gasteiger partial charge in [-0.05, 0) is 24.3 Å². The number of carboxylic acids is 1. The molecular formula is C15H17N3O2. The number of nitrogens with one attached hydrogen (secondary N) is 1. The molecule has 2 N–H and O–H groups in total. The number of hydrogen-bond acceptors (Lipinski definition) is 4. The molecule has 0 atom stereocenters. The van der Waals surface area contributed by atoms with Crippen molar-refractivity contribution < 1.29 is 9.90 Å². The summed E-state index contributed by atoms with van der Waals surface area (Å²) in [7, 11) is 0. The van der Waals surface area contributed by atoms with Crippen molar-refractivity contribution in [2.75, 3.05) is 11.9 Å². The van der Waals surface area contributed by atoms with E-state index in [-0.39, 0.29) is 11.8 Å². The van der Waals surface area contributed by atoms with Crippen LogP contribution in [0.15, 0.2) is 30.5 Å². The summed E-state index contributed by atoms with van der Waals surface area (Å²) in [6.45, 7) is 0.676. The minimum atomic E-state index is -0.718. The Bertz CT molecular complexity index is 633. The number of benzene rings is 1. The number of nitrogens with zero attached hydrogens (tertiary/aromatic N) is 2. The van der Waals surface area contributed by atoms with E-state index in [1.165, 1.54) is 0 Å². The molecule has 0 spiro atoms. The van der Waals surface area contributed by atoms with Gasteiger partial charge in [-0.3, -0.25) is 4.79 Å². The first kappa shape index (κ1) is 12.8. The molecule has 0 saturated heterocycles. The maximum absolute atomic E-state index is 11.0. The average Bonchev–Trinajstić information content (AvgIpc) is 2.41. The second kappa shape index (κ2) is 5.07. The van der Waals surface area contributed by atoms with Crippen LogP contribution in [-0.2, 0) is 4.79 Å². The van der Waals surface area contributed by atoms with Gasteiger partial charge in [-0.1, -0.05) is 24.6 Å². The molecule has 1 heterocycles. The quantitative estimate of drug-likeness (QED) is 0.874. The number of carbonyl (C=O) groups is 1. The lowest BCUT2D eigenvalue weighted by Crippen LogP contribution is -2.38. The fraction of sp³-hybridized carbons (Fsp3) is 0.400. The van der Waals surface area contributed by atoms with Gasteiger partial charge in [0.2, 0.25) is 0 Å². The van der Waals surface area contributed by atoms with E-state index in [4.69, 9.17) is 5.11 Å². The van der Waals surface area contributed by atoms with E-state index >= 15 is 0 Å². The monoisotopic (exact) mass is 271 g/mol. The van der Waals surface area contributed by atoms with Gasteiger partial charge in [-0.2, -0.15) is 10.2 Å². The van der Waals surface area contributed by atoms with E-state index in [1.54, 1.807) is 6.20 Å². The summed E-state index contributed by atoms with van der Waals surface area (Å²) in [5.74, 6) is -0.718. The van der Waals surface area contributed by atoms with E-state index in [0.717, 1.165) is 35.9 Å². The van der Waals surface area contributed by atoms with Crippen LogP contribution in [0.5, 0.6) is 0 Å². The highest BCUT2D eigenvalue weighted by atomic mass is 16.4. The summed E-state index contributed by atoms with van der Waals surface area (Å²) in [6, 6.07) is 7.81. The summed E-state index contributed by atoms with van der Waals surface area (Å²) in [5, 5.41) is 21.5. The average molecular weight is 271 g/mol. The predicted molar refractivity (Wildman–Crippen MR) is 76.6 cm³/mol. The molecule has 0 amide bonds. The largest absolute Gasteiger partial charge is 0.481 e. The zero-order valence-electron chi connectivity index (χ0n) is 11.2. The Morgan fingerprint density at radius 2 is 2.15 bits per heavy atom. The zero-order valence-corrected chi connectivity index (χ0v) is 11.2. The summed E-state index contributed by atoms with van der Waals surface area (Å²) >= 11 is 0. The van der Waals surface area contributed by atoms with Crippen LogP contribution < -0.4 is 5.32 Å². The van der Waals surface area contributed by atoms with Crippen molar-refractivity contribution in [2.24, 2.45) is 5.41 Å². The van der Waals surface area contributed by atoms with Crippen molar-refractivity contribution >= 4 is 22.6 Å². The van der Waals surface area contributed by atoms with Crippen molar-refractivity contribution in [3.8, 4) is 0 Å². The summed E-state index contributed by atoms with van der Waals surface area (Å²) in [5.41, 5.74) is 1.67. The summed E-state index contributed by atoms with van der Waals surface area (Å²) in [4.78, 5) is 11.0. The number of aromatic nitrogens is 2. The number of aliphatic carboxylic acids is 1. The maximum Gasteiger partial charge on any atom is 0.303 e. The lowest BCUT2D eigenvalue weighted by molar-refractivity contribution is -0.141. The van der Waals surface area contributed by atoms with E-state index in [0.29, 0.717) is 6.54 Å². The van der Waals surface area contributed by atoms with Gasteiger partial charge in [0.15, 0.2) is 0 Å². The Morgan fingerprint density at radius 1 is 1.35 bits per heavy atom. The normalized spacial score (nSPS) is 16.6. The molecule has 5 nitrogen and oxygen atoms in total. The molecule has 3 rings (SSSR count). The van der Waals surface area contributed by atoms with Gasteiger partial charge in [0, 0.05) is 11.9 Å². The van der Waals surface area contributed by atoms with E-state index in [1.807, 2.05) is 24.3 Å². The Balaban J connectivity index is 1.78. The number of carboxylic acid groups (broad SMARTS) is 1. The maximum atomic E-state index is 11.0. The molecule has 1 saturated carbocycles. The highest BCUT2D eigenvalue weighted by Crippen LogP contribution is 2.44. The number of fused-ring (bicyclic) bond motifs is 1. The van der Waals surface area contributed by atoms with Crippen LogP contribution in [0.1, 0.15) is 25.7 Å². The molecule has 0 aliphatic heterocycles. The highest BCUT2D eigenvalue weighted by Gasteiger charge is 2.38. The van der Waals surface area contributed by atoms with Gasteiger partial charge >= 0.3 is 5.97 Å². The lowest BCUT2D eigenvalue weighted by atomic mass is 9.66. The van der Waals surface area contributed by atoms with Gasteiger partial charge in [0.05, 0.1) is 23.8 Å². The van der Waals surface area contributed by atoms with Crippen LogP contribution in [-0.4, -0.2) is 27.8 Å². The van der Waals surface area contributed by atoms with Crippen LogP contribution in [0.3, 0.4) is 0 Å². The van der Waals surface area contributed by atoms with Crippen molar-refractivity contribution in [2.45, 2.75) is 25.7 Å². The van der Waals surface area contributed by atoms with Gasteiger partial charge in [0.25, 0.3) is 0 Å². The summed E-state index contributed by atoms with van der Waals surface area (Å²) < 4.78 is 0. The molecule has 104 valence electrons. The SMILES string of the molecule is O=C(O)CC1(CNc2cnnc3ccccc23)CCC1. The van der Waals surface area contributed by atoms with Crippen molar-refractivity contribution in [3.63, 3.8) is 0 Å². The van der Waals surface area contributed by atoms with Gasteiger partial charge in [0.1, 0.15) is 0 Å². The van der Waals surface area contributed by atoms with E-state index in [9.17, 15) is 4.79 Å². The minimum absolute atomic E-state index is 0.101. The fourth-order valence-corrected chi connectivity index (χ4v) is 2.84. The van der Waals surface area contributed by atoms with E-state index in [2.05, 4.69) is 15.5 Å². The third kappa shape index (κ3) is 2.43. The zero-order chi connectivity index (χ0) is 14.0. The third-order valence-corrected chi connectivity index (χ3v) is 4.14. The lowest BCUT2D eigenvalue weighted by Gasteiger charge is -2.41. The van der Waals surface area contributed by atoms with Gasteiger partial charge < -0.3 is 10.4 Å². The molecule has 1 aliphatic rings. The molecule has 1 aromatic carbocycles. The first-order valence-corrected chi connectivity index (χ1v) is 6.85. The number of hydrogen-bond donors (Lipinski definition) is 2. The second-order valence-electron chi connectivity index (χ2n) is 5.55. The molecule has 20 heavy (non-hydrogen) atoms. The van der Waals surface area contributed by atoms with Gasteiger partial charge in [-0.25, -0.2) is 0 Å². The highest BCUT2D eigenvalue weighted by molar-refractivity contribution is 5.90. The molecule has 2 aromatic rings. The second-order valence-corrected chi connectivity index (χ2v) is 5.55. The van der Waals surface area contributed by atoms with Gasteiger partial charge in [-0.15, -0.1) is 0 Å². The Kier molecular flexibility index (Phi) is 3.26. The van der Waals surface area contributed by atoms with Crippen molar-refractivity contribution in [1.82, 2.24) is 10.2 Å². The number of anilines is 1. The fourth-order valence-electron chi connectivity index (χ4n) is 2.84. The Morgan fingerprint density at radius 3 is 2.85 bits per heavy atom. The first-order chi connectivity index (χ1) is 9.69. The first-order valence-electron chi connectivity index (χ1n) is 6.85. The van der Waals surface area contributed by atoms with Crippen LogP contribution in [0.25, 0.3) is 10.9 Å². The molecule has 0 unspecified atom stereocenters. The molecular weight excluding hydrogens is 254 g/mol. The minimum Gasteiger partial charge on any atom is -0.481 e. The molecule has 1 aromatic heterocycles.